The van der Waals surface area contributed by atoms with Crippen molar-refractivity contribution in [3.63, 3.8) is 0 Å². The highest BCUT2D eigenvalue weighted by atomic mass is 16.2. The van der Waals surface area contributed by atoms with Gasteiger partial charge in [0.1, 0.15) is 18.9 Å². The van der Waals surface area contributed by atoms with Crippen LogP contribution in [0, 0.1) is 0 Å². The molecule has 9 nitrogen and oxygen atoms in total. The van der Waals surface area contributed by atoms with Crippen LogP contribution in [0.1, 0.15) is 29.8 Å². The summed E-state index contributed by atoms with van der Waals surface area (Å²) in [6, 6.07) is 0. The second-order valence-corrected chi connectivity index (χ2v) is 3.95. The average Bonchev–Trinajstić information content (AvgIpc) is 2.75. The van der Waals surface area contributed by atoms with Gasteiger partial charge in [-0.1, -0.05) is 6.92 Å². The van der Waals surface area contributed by atoms with E-state index in [0.717, 1.165) is 11.3 Å². The van der Waals surface area contributed by atoms with Gasteiger partial charge in [-0.3, -0.25) is 19.5 Å². The lowest BCUT2D eigenvalue weighted by atomic mass is 10.3. The van der Waals surface area contributed by atoms with E-state index in [9.17, 15) is 14.4 Å². The Kier molecular flexibility index (Phi) is 4.98. The highest BCUT2D eigenvalue weighted by Crippen LogP contribution is 2.01. The van der Waals surface area contributed by atoms with Crippen molar-refractivity contribution in [3.05, 3.63) is 11.6 Å². The Hall–Kier alpha value is -2.45. The van der Waals surface area contributed by atoms with E-state index in [4.69, 9.17) is 11.5 Å². The third kappa shape index (κ3) is 4.37. The second kappa shape index (κ2) is 6.47. The summed E-state index contributed by atoms with van der Waals surface area (Å²) in [6.45, 7) is 1.12. The fraction of sp³-hybridized carbons (Fsp3) is 0.500. The van der Waals surface area contributed by atoms with Crippen molar-refractivity contribution < 1.29 is 14.4 Å². The fourth-order valence-corrected chi connectivity index (χ4v) is 1.46. The number of rotatable bonds is 7. The zero-order valence-electron chi connectivity index (χ0n) is 10.5. The number of aromatic nitrogens is 3. The summed E-state index contributed by atoms with van der Waals surface area (Å²) in [4.78, 5) is 38.6. The fourth-order valence-electron chi connectivity index (χ4n) is 1.46. The maximum atomic E-state index is 12.0. The Balaban J connectivity index is 2.84. The summed E-state index contributed by atoms with van der Waals surface area (Å²) in [5, 5.41) is 6.35. The van der Waals surface area contributed by atoms with Crippen LogP contribution < -0.4 is 11.5 Å². The number of nitrogens with zero attached hydrogens (tertiary/aromatic N) is 3. The van der Waals surface area contributed by atoms with Crippen molar-refractivity contribution in [2.45, 2.75) is 19.8 Å². The normalized spacial score (nSPS) is 10.2. The van der Waals surface area contributed by atoms with Gasteiger partial charge >= 0.3 is 0 Å². The molecular weight excluding hydrogens is 252 g/mol. The molecule has 0 aliphatic carbocycles. The van der Waals surface area contributed by atoms with Crippen LogP contribution in [0.2, 0.25) is 0 Å². The Bertz CT molecular complexity index is 467. The molecule has 1 heterocycles. The smallest absolute Gasteiger partial charge is 0.294 e. The molecule has 0 aliphatic rings. The topological polar surface area (TPSA) is 148 Å². The van der Waals surface area contributed by atoms with Gasteiger partial charge < -0.3 is 16.4 Å². The largest absolute Gasteiger partial charge is 0.368 e. The maximum absolute atomic E-state index is 12.0. The van der Waals surface area contributed by atoms with Crippen LogP contribution in [-0.2, 0) is 16.0 Å². The molecule has 0 aliphatic heterocycles. The zero-order chi connectivity index (χ0) is 14.4. The first kappa shape index (κ1) is 14.6. The van der Waals surface area contributed by atoms with Gasteiger partial charge in [0.15, 0.2) is 0 Å². The van der Waals surface area contributed by atoms with Gasteiger partial charge in [0.05, 0.1) is 0 Å². The Morgan fingerprint density at radius 3 is 2.26 bits per heavy atom. The average molecular weight is 268 g/mol. The zero-order valence-corrected chi connectivity index (χ0v) is 10.5. The Morgan fingerprint density at radius 1 is 1.21 bits per heavy atom. The molecule has 1 aromatic rings. The van der Waals surface area contributed by atoms with E-state index < -0.39 is 30.8 Å². The summed E-state index contributed by atoms with van der Waals surface area (Å²) in [5.74, 6) is -1.73. The molecule has 0 atom stereocenters. The molecule has 19 heavy (non-hydrogen) atoms. The van der Waals surface area contributed by atoms with Gasteiger partial charge in [0.25, 0.3) is 5.91 Å². The molecule has 0 fully saturated rings. The van der Waals surface area contributed by atoms with Gasteiger partial charge in [-0.25, -0.2) is 4.98 Å². The lowest BCUT2D eigenvalue weighted by Crippen LogP contribution is -2.43. The number of nitrogens with one attached hydrogen (secondary N) is 1. The standard InChI is InChI=1S/C10H16N6O3/c1-2-3-8-13-9(15-14-8)10(19)16(4-6(11)17)5-7(12)18/h2-5H2,1H3,(H2,11,17)(H2,12,18)(H,13,14,15). The van der Waals surface area contributed by atoms with E-state index in [0.29, 0.717) is 12.2 Å². The van der Waals surface area contributed by atoms with Gasteiger partial charge in [0.2, 0.25) is 17.6 Å². The molecule has 5 N–H and O–H groups in total. The van der Waals surface area contributed by atoms with Crippen LogP contribution in [0.5, 0.6) is 0 Å². The molecule has 104 valence electrons. The summed E-state index contributed by atoms with van der Waals surface area (Å²) in [5.41, 5.74) is 10.0. The molecule has 0 saturated heterocycles. The van der Waals surface area contributed by atoms with Crippen LogP contribution in [0.25, 0.3) is 0 Å². The molecule has 0 bridgehead atoms. The number of H-pyrrole nitrogens is 1. The Labute approximate surface area is 109 Å². The first-order valence-corrected chi connectivity index (χ1v) is 5.71. The van der Waals surface area contributed by atoms with Crippen molar-refractivity contribution in [2.75, 3.05) is 13.1 Å². The molecule has 0 unspecified atom stereocenters. The summed E-state index contributed by atoms with van der Waals surface area (Å²) < 4.78 is 0. The van der Waals surface area contributed by atoms with E-state index in [1.54, 1.807) is 0 Å². The number of nitrogens with two attached hydrogens (primary N) is 2. The van der Waals surface area contributed by atoms with Gasteiger partial charge in [-0.15, -0.1) is 5.10 Å². The molecule has 0 radical (unpaired) electrons. The van der Waals surface area contributed by atoms with Crippen molar-refractivity contribution in [1.29, 1.82) is 0 Å². The number of aryl methyl sites for hydroxylation is 1. The number of carbonyl (C=O) groups excluding carboxylic acids is 3. The monoisotopic (exact) mass is 268 g/mol. The second-order valence-electron chi connectivity index (χ2n) is 3.95. The summed E-state index contributed by atoms with van der Waals surface area (Å²) in [6.07, 6.45) is 1.49. The first-order valence-electron chi connectivity index (χ1n) is 5.71. The molecule has 0 aromatic carbocycles. The molecule has 0 saturated carbocycles. The first-order chi connectivity index (χ1) is 8.93. The van der Waals surface area contributed by atoms with E-state index in [2.05, 4.69) is 15.2 Å². The number of amides is 3. The number of hydrogen-bond donors (Lipinski definition) is 3. The predicted molar refractivity (Wildman–Crippen MR) is 64.7 cm³/mol. The Morgan fingerprint density at radius 2 is 1.79 bits per heavy atom. The quantitative estimate of drug-likeness (QED) is 0.532. The van der Waals surface area contributed by atoms with Crippen molar-refractivity contribution >= 4 is 17.7 Å². The van der Waals surface area contributed by atoms with Crippen molar-refractivity contribution in [2.24, 2.45) is 11.5 Å². The molecular formula is C10H16N6O3. The van der Waals surface area contributed by atoms with Crippen LogP contribution in [0.3, 0.4) is 0 Å². The minimum atomic E-state index is -0.751. The molecule has 1 aromatic heterocycles. The van der Waals surface area contributed by atoms with E-state index in [-0.39, 0.29) is 5.82 Å². The molecule has 9 heteroatoms. The number of aromatic amines is 1. The van der Waals surface area contributed by atoms with Crippen LogP contribution >= 0.6 is 0 Å². The molecule has 3 amide bonds. The third-order valence-corrected chi connectivity index (χ3v) is 2.19. The minimum Gasteiger partial charge on any atom is -0.368 e. The molecule has 0 spiro atoms. The van der Waals surface area contributed by atoms with E-state index >= 15 is 0 Å². The summed E-state index contributed by atoms with van der Waals surface area (Å²) in [7, 11) is 0. The highest BCUT2D eigenvalue weighted by molar-refractivity contribution is 5.95. The van der Waals surface area contributed by atoms with E-state index in [1.165, 1.54) is 0 Å². The predicted octanol–water partition coefficient (Wildman–Crippen LogP) is -1.83. The number of primary amides is 2. The van der Waals surface area contributed by atoms with Gasteiger partial charge in [-0.2, -0.15) is 0 Å². The van der Waals surface area contributed by atoms with E-state index in [1.807, 2.05) is 6.92 Å². The molecule has 1 rings (SSSR count). The lowest BCUT2D eigenvalue weighted by Gasteiger charge is -2.17. The van der Waals surface area contributed by atoms with Crippen LogP contribution in [0.15, 0.2) is 0 Å². The third-order valence-electron chi connectivity index (χ3n) is 2.19. The van der Waals surface area contributed by atoms with Gasteiger partial charge in [-0.05, 0) is 6.42 Å². The SMILES string of the molecule is CCCc1nc(C(=O)N(CC(N)=O)CC(N)=O)n[nH]1. The minimum absolute atomic E-state index is 0.119. The summed E-state index contributed by atoms with van der Waals surface area (Å²) >= 11 is 0. The van der Waals surface area contributed by atoms with Crippen LogP contribution in [0.4, 0.5) is 0 Å². The van der Waals surface area contributed by atoms with Crippen molar-refractivity contribution in [1.82, 2.24) is 20.1 Å². The highest BCUT2D eigenvalue weighted by Gasteiger charge is 2.23. The van der Waals surface area contributed by atoms with Crippen molar-refractivity contribution in [3.8, 4) is 0 Å². The van der Waals surface area contributed by atoms with Crippen LogP contribution in [-0.4, -0.2) is 50.9 Å². The number of carbonyl (C=O) groups is 3. The lowest BCUT2D eigenvalue weighted by molar-refractivity contribution is -0.121. The number of hydrogen-bond acceptors (Lipinski definition) is 5. The van der Waals surface area contributed by atoms with Gasteiger partial charge in [0, 0.05) is 6.42 Å². The maximum Gasteiger partial charge on any atom is 0.294 e.